The third kappa shape index (κ3) is 1.29. The second-order valence-electron chi connectivity index (χ2n) is 3.00. The Balaban J connectivity index is 3.29. The highest BCUT2D eigenvalue weighted by Gasteiger charge is 2.15. The van der Waals surface area contributed by atoms with Crippen LogP contribution in [0.1, 0.15) is 41.3 Å². The molecule has 0 amide bonds. The van der Waals surface area contributed by atoms with Crippen molar-refractivity contribution < 1.29 is 9.21 Å². The van der Waals surface area contributed by atoms with Crippen LogP contribution in [0.2, 0.25) is 0 Å². The predicted molar refractivity (Wildman–Crippen MR) is 47.6 cm³/mol. The Morgan fingerprint density at radius 2 is 2.00 bits per heavy atom. The molecule has 1 aromatic heterocycles. The van der Waals surface area contributed by atoms with E-state index in [1.165, 1.54) is 6.92 Å². The fourth-order valence-corrected chi connectivity index (χ4v) is 1.38. The monoisotopic (exact) mass is 166 g/mol. The highest BCUT2D eigenvalue weighted by molar-refractivity contribution is 5.93. The van der Waals surface area contributed by atoms with Crippen LogP contribution in [-0.4, -0.2) is 5.78 Å². The van der Waals surface area contributed by atoms with Crippen molar-refractivity contribution in [1.29, 1.82) is 0 Å². The number of carbonyl (C=O) groups is 1. The van der Waals surface area contributed by atoms with Crippen molar-refractivity contribution >= 4 is 5.78 Å². The standard InChI is InChI=1S/C10H14O2/c1-5-9-6(2)8(4)12-10(9)7(3)11/h5H2,1-4H3. The summed E-state index contributed by atoms with van der Waals surface area (Å²) in [4.78, 5) is 11.1. The Labute approximate surface area is 72.6 Å². The Hall–Kier alpha value is -1.05. The van der Waals surface area contributed by atoms with Crippen molar-refractivity contribution in [2.75, 3.05) is 0 Å². The Morgan fingerprint density at radius 3 is 2.33 bits per heavy atom. The molecule has 0 saturated carbocycles. The minimum Gasteiger partial charge on any atom is -0.458 e. The van der Waals surface area contributed by atoms with Gasteiger partial charge in [-0.3, -0.25) is 4.79 Å². The minimum absolute atomic E-state index is 0.0167. The van der Waals surface area contributed by atoms with E-state index in [0.717, 1.165) is 23.3 Å². The second-order valence-corrected chi connectivity index (χ2v) is 3.00. The van der Waals surface area contributed by atoms with Gasteiger partial charge in [0.05, 0.1) is 0 Å². The fraction of sp³-hybridized carbons (Fsp3) is 0.500. The van der Waals surface area contributed by atoms with Gasteiger partial charge in [-0.25, -0.2) is 0 Å². The van der Waals surface area contributed by atoms with E-state index in [1.807, 2.05) is 20.8 Å². The molecule has 0 N–H and O–H groups in total. The Morgan fingerprint density at radius 1 is 1.42 bits per heavy atom. The van der Waals surface area contributed by atoms with E-state index in [9.17, 15) is 4.79 Å². The van der Waals surface area contributed by atoms with Gasteiger partial charge in [0.15, 0.2) is 11.5 Å². The first kappa shape index (κ1) is 9.04. The average Bonchev–Trinajstić information content (AvgIpc) is 2.29. The van der Waals surface area contributed by atoms with Gasteiger partial charge in [0.1, 0.15) is 5.76 Å². The van der Waals surface area contributed by atoms with Gasteiger partial charge in [0.2, 0.25) is 0 Å². The maximum atomic E-state index is 11.1. The van der Waals surface area contributed by atoms with Gasteiger partial charge in [-0.05, 0) is 25.8 Å². The number of Topliss-reactive ketones (excluding diaryl/α,β-unsaturated/α-hetero) is 1. The van der Waals surface area contributed by atoms with E-state index in [4.69, 9.17) is 4.42 Å². The second kappa shape index (κ2) is 3.13. The number of furan rings is 1. The number of rotatable bonds is 2. The largest absolute Gasteiger partial charge is 0.458 e. The molecule has 0 aliphatic rings. The van der Waals surface area contributed by atoms with E-state index >= 15 is 0 Å². The summed E-state index contributed by atoms with van der Waals surface area (Å²) in [5.74, 6) is 1.41. The van der Waals surface area contributed by atoms with Crippen LogP contribution >= 0.6 is 0 Å². The lowest BCUT2D eigenvalue weighted by atomic mass is 10.1. The summed E-state index contributed by atoms with van der Waals surface area (Å²) in [5.41, 5.74) is 2.17. The molecule has 0 aliphatic heterocycles. The molecule has 0 unspecified atom stereocenters. The molecule has 0 aromatic carbocycles. The summed E-state index contributed by atoms with van der Waals surface area (Å²) in [6, 6.07) is 0. The van der Waals surface area contributed by atoms with Crippen molar-refractivity contribution in [1.82, 2.24) is 0 Å². The molecule has 2 heteroatoms. The van der Waals surface area contributed by atoms with E-state index in [1.54, 1.807) is 0 Å². The summed E-state index contributed by atoms with van der Waals surface area (Å²) in [6.45, 7) is 7.45. The number of hydrogen-bond donors (Lipinski definition) is 0. The average molecular weight is 166 g/mol. The number of ketones is 1. The molecule has 0 saturated heterocycles. The molecule has 0 bridgehead atoms. The van der Waals surface area contributed by atoms with Gasteiger partial charge in [0.25, 0.3) is 0 Å². The molecule has 2 nitrogen and oxygen atoms in total. The SMILES string of the molecule is CCc1c(C(C)=O)oc(C)c1C. The van der Waals surface area contributed by atoms with Crippen LogP contribution in [0.15, 0.2) is 4.42 Å². The van der Waals surface area contributed by atoms with Crippen LogP contribution < -0.4 is 0 Å². The van der Waals surface area contributed by atoms with Gasteiger partial charge in [-0.2, -0.15) is 0 Å². The van der Waals surface area contributed by atoms with Crippen molar-refractivity contribution in [2.45, 2.75) is 34.1 Å². The number of hydrogen-bond acceptors (Lipinski definition) is 2. The predicted octanol–water partition coefficient (Wildman–Crippen LogP) is 2.66. The third-order valence-electron chi connectivity index (χ3n) is 2.18. The first-order chi connectivity index (χ1) is 5.57. The lowest BCUT2D eigenvalue weighted by Gasteiger charge is -1.94. The van der Waals surface area contributed by atoms with Gasteiger partial charge in [0, 0.05) is 12.5 Å². The zero-order valence-corrected chi connectivity index (χ0v) is 8.02. The Bertz CT molecular complexity index is 308. The lowest BCUT2D eigenvalue weighted by molar-refractivity contribution is 0.0985. The van der Waals surface area contributed by atoms with Crippen molar-refractivity contribution in [3.8, 4) is 0 Å². The summed E-state index contributed by atoms with van der Waals surface area (Å²) >= 11 is 0. The van der Waals surface area contributed by atoms with Gasteiger partial charge < -0.3 is 4.42 Å². The molecule has 0 fully saturated rings. The molecule has 12 heavy (non-hydrogen) atoms. The zero-order chi connectivity index (χ0) is 9.30. The molecule has 1 rings (SSSR count). The smallest absolute Gasteiger partial charge is 0.195 e. The van der Waals surface area contributed by atoms with Gasteiger partial charge >= 0.3 is 0 Å². The molecular formula is C10H14O2. The van der Waals surface area contributed by atoms with Crippen LogP contribution in [0.25, 0.3) is 0 Å². The van der Waals surface area contributed by atoms with Crippen LogP contribution in [0, 0.1) is 13.8 Å². The molecule has 1 heterocycles. The van der Waals surface area contributed by atoms with Crippen molar-refractivity contribution in [3.63, 3.8) is 0 Å². The first-order valence-electron chi connectivity index (χ1n) is 4.17. The molecule has 0 aliphatic carbocycles. The van der Waals surface area contributed by atoms with Crippen LogP contribution in [-0.2, 0) is 6.42 Å². The molecular weight excluding hydrogens is 152 g/mol. The molecule has 0 spiro atoms. The third-order valence-corrected chi connectivity index (χ3v) is 2.18. The van der Waals surface area contributed by atoms with E-state index < -0.39 is 0 Å². The summed E-state index contributed by atoms with van der Waals surface area (Å²) in [5, 5.41) is 0. The molecule has 66 valence electrons. The van der Waals surface area contributed by atoms with Crippen LogP contribution in [0.5, 0.6) is 0 Å². The molecule has 1 aromatic rings. The highest BCUT2D eigenvalue weighted by atomic mass is 16.3. The number of aryl methyl sites for hydroxylation is 1. The normalized spacial score (nSPS) is 10.3. The van der Waals surface area contributed by atoms with E-state index in [-0.39, 0.29) is 5.78 Å². The van der Waals surface area contributed by atoms with E-state index in [2.05, 4.69) is 0 Å². The lowest BCUT2D eigenvalue weighted by Crippen LogP contribution is -1.94. The summed E-state index contributed by atoms with van der Waals surface area (Å²) < 4.78 is 5.35. The topological polar surface area (TPSA) is 30.2 Å². The van der Waals surface area contributed by atoms with Crippen LogP contribution in [0.3, 0.4) is 0 Å². The number of carbonyl (C=O) groups excluding carboxylic acids is 1. The Kier molecular flexibility index (Phi) is 2.36. The van der Waals surface area contributed by atoms with Gasteiger partial charge in [-0.15, -0.1) is 0 Å². The maximum Gasteiger partial charge on any atom is 0.195 e. The summed E-state index contributed by atoms with van der Waals surface area (Å²) in [7, 11) is 0. The van der Waals surface area contributed by atoms with Crippen LogP contribution in [0.4, 0.5) is 0 Å². The molecule has 0 radical (unpaired) electrons. The van der Waals surface area contributed by atoms with Gasteiger partial charge in [-0.1, -0.05) is 6.92 Å². The molecule has 0 atom stereocenters. The quantitative estimate of drug-likeness (QED) is 0.632. The zero-order valence-electron chi connectivity index (χ0n) is 8.02. The van der Waals surface area contributed by atoms with Crippen molar-refractivity contribution in [3.05, 3.63) is 22.6 Å². The van der Waals surface area contributed by atoms with Crippen molar-refractivity contribution in [2.24, 2.45) is 0 Å². The summed E-state index contributed by atoms with van der Waals surface area (Å²) in [6.07, 6.45) is 0.859. The first-order valence-corrected chi connectivity index (χ1v) is 4.17. The minimum atomic E-state index is 0.0167. The maximum absolute atomic E-state index is 11.1. The highest BCUT2D eigenvalue weighted by Crippen LogP contribution is 2.22. The fourth-order valence-electron chi connectivity index (χ4n) is 1.38. The van der Waals surface area contributed by atoms with E-state index in [0.29, 0.717) is 5.76 Å².